The number of carbonyl (C=O) groups excluding carboxylic acids is 4. The van der Waals surface area contributed by atoms with Gasteiger partial charge in [-0.2, -0.15) is 8.42 Å². The van der Waals surface area contributed by atoms with Crippen molar-refractivity contribution >= 4 is 73.5 Å². The summed E-state index contributed by atoms with van der Waals surface area (Å²) in [7, 11) is 0. The van der Waals surface area contributed by atoms with Crippen LogP contribution in [0.2, 0.25) is 0 Å². The maximum atomic E-state index is 12.4. The summed E-state index contributed by atoms with van der Waals surface area (Å²) in [5.41, 5.74) is 4.55. The van der Waals surface area contributed by atoms with Crippen LogP contribution in [0.1, 0.15) is 102 Å². The number of rotatable bonds is 36. The molecule has 0 saturated carbocycles. The van der Waals surface area contributed by atoms with E-state index in [9.17, 15) is 29.4 Å². The van der Waals surface area contributed by atoms with Crippen LogP contribution in [-0.4, -0.2) is 103 Å². The molecule has 0 spiro atoms. The number of unbranched alkanes of at least 4 members (excludes halogenated alkanes) is 6. The van der Waals surface area contributed by atoms with Gasteiger partial charge in [0.05, 0.1) is 68.4 Å². The Kier molecular flexibility index (Phi) is 40.4. The first-order valence-corrected chi connectivity index (χ1v) is 24.7. The number of carbonyl (C=O) groups is 4. The van der Waals surface area contributed by atoms with E-state index in [4.69, 9.17) is 32.1 Å². The van der Waals surface area contributed by atoms with Gasteiger partial charge in [0, 0.05) is 42.6 Å². The molecule has 0 aliphatic rings. The molecule has 0 amide bonds. The normalized spacial score (nSPS) is 11.9. The zero-order valence-corrected chi connectivity index (χ0v) is 47.5. The Morgan fingerprint density at radius 3 is 1.67 bits per heavy atom. The van der Waals surface area contributed by atoms with E-state index in [0.29, 0.717) is 43.7 Å². The summed E-state index contributed by atoms with van der Waals surface area (Å²) >= 11 is 0.732. The minimum Gasteiger partial charge on any atom is -0.550 e. The van der Waals surface area contributed by atoms with Gasteiger partial charge in [0.15, 0.2) is 0 Å². The molecule has 2 unspecified atom stereocenters. The summed E-state index contributed by atoms with van der Waals surface area (Å²) in [6, 6.07) is 11.9. The average Bonchev–Trinajstić information content (AvgIpc) is 3.72. The smallest absolute Gasteiger partial charge is 0.550 e. The SMILES string of the molecule is CCCCC/C=C/CC(CC(=O)OCCOCCOCCN(CCOCCOC(=O)CC(C/C=C/CCCCC)C(=O)[O-])c1ccc(N=Nc2nc3ccc(C)cc3s2)c(C)c1)C(=O)[O-].O=S=O.[Na+].[Na+]. The Balaban J connectivity index is 0.00000927. The summed E-state index contributed by atoms with van der Waals surface area (Å²) < 4.78 is 45.3. The summed E-state index contributed by atoms with van der Waals surface area (Å²) in [6.07, 6.45) is 15.6. The molecule has 0 bridgehead atoms. The number of hydrogen-bond donors (Lipinski definition) is 0. The molecule has 21 heteroatoms. The molecule has 2 atom stereocenters. The number of hydrogen-bond acceptors (Lipinski definition) is 18. The van der Waals surface area contributed by atoms with Crippen LogP contribution >= 0.6 is 11.3 Å². The van der Waals surface area contributed by atoms with Crippen LogP contribution in [0.15, 0.2) is 70.9 Å². The number of carboxylic acid groups (broad SMARTS) is 2. The number of nitrogens with zero attached hydrogens (tertiary/aromatic N) is 4. The second-order valence-electron chi connectivity index (χ2n) is 15.8. The van der Waals surface area contributed by atoms with Gasteiger partial charge in [-0.05, 0) is 93.8 Å². The van der Waals surface area contributed by atoms with Crippen molar-refractivity contribution in [2.24, 2.45) is 22.1 Å². The van der Waals surface area contributed by atoms with Crippen LogP contribution in [0.25, 0.3) is 10.2 Å². The Morgan fingerprint density at radius 1 is 0.686 bits per heavy atom. The summed E-state index contributed by atoms with van der Waals surface area (Å²) in [6.45, 7) is 10.7. The van der Waals surface area contributed by atoms with Crippen LogP contribution in [0, 0.1) is 25.7 Å². The molecule has 2 aromatic carbocycles. The number of allylic oxidation sites excluding steroid dienone is 4. The topological polar surface area (TPSA) is 236 Å². The largest absolute Gasteiger partial charge is 1.00 e. The molecule has 70 heavy (non-hydrogen) atoms. The van der Waals surface area contributed by atoms with Crippen molar-refractivity contribution in [3.8, 4) is 0 Å². The van der Waals surface area contributed by atoms with E-state index in [1.54, 1.807) is 12.2 Å². The number of ether oxygens (including phenoxy) is 5. The van der Waals surface area contributed by atoms with Crippen molar-refractivity contribution < 1.29 is 121 Å². The monoisotopic (exact) mass is 1030 g/mol. The number of anilines is 1. The second-order valence-corrected chi connectivity index (χ2v) is 17.0. The van der Waals surface area contributed by atoms with Gasteiger partial charge in [0.25, 0.3) is 0 Å². The third-order valence-electron chi connectivity index (χ3n) is 10.3. The maximum Gasteiger partial charge on any atom is 1.00 e. The average molecular weight is 1030 g/mol. The molecule has 376 valence electrons. The number of fused-ring (bicyclic) bond motifs is 1. The number of thiazole rings is 1. The zero-order chi connectivity index (χ0) is 49.8. The van der Waals surface area contributed by atoms with E-state index in [-0.39, 0.29) is 118 Å². The van der Waals surface area contributed by atoms with Crippen molar-refractivity contribution in [2.75, 3.05) is 70.8 Å². The van der Waals surface area contributed by atoms with Crippen molar-refractivity contribution in [3.05, 3.63) is 71.8 Å². The van der Waals surface area contributed by atoms with Gasteiger partial charge >= 0.3 is 82.6 Å². The van der Waals surface area contributed by atoms with Crippen LogP contribution in [0.4, 0.5) is 16.5 Å². The van der Waals surface area contributed by atoms with Gasteiger partial charge < -0.3 is 48.4 Å². The van der Waals surface area contributed by atoms with Gasteiger partial charge in [-0.15, -0.1) is 10.2 Å². The number of aliphatic carboxylic acids is 2. The van der Waals surface area contributed by atoms with E-state index in [1.165, 1.54) is 11.3 Å². The number of esters is 2. The van der Waals surface area contributed by atoms with E-state index in [1.807, 2.05) is 56.3 Å². The number of azo groups is 1. The molecule has 3 rings (SSSR count). The fourth-order valence-electron chi connectivity index (χ4n) is 6.51. The maximum absolute atomic E-state index is 12.4. The molecular formula is C49H68N4Na2O13S2. The minimum absolute atomic E-state index is 0. The van der Waals surface area contributed by atoms with Gasteiger partial charge in [0.2, 0.25) is 5.13 Å². The summed E-state index contributed by atoms with van der Waals surface area (Å²) in [5.74, 6) is -5.68. The van der Waals surface area contributed by atoms with Crippen LogP contribution < -0.4 is 74.2 Å². The van der Waals surface area contributed by atoms with E-state index >= 15 is 0 Å². The van der Waals surface area contributed by atoms with Crippen LogP contribution in [0.5, 0.6) is 0 Å². The third-order valence-corrected chi connectivity index (χ3v) is 11.2. The minimum atomic E-state index is -1.28. The fraction of sp³-hybridized carbons (Fsp3) is 0.571. The Bertz CT molecular complexity index is 2080. The molecule has 1 aromatic heterocycles. The van der Waals surface area contributed by atoms with Gasteiger partial charge in [-0.1, -0.05) is 81.2 Å². The fourth-order valence-corrected chi connectivity index (χ4v) is 7.39. The summed E-state index contributed by atoms with van der Waals surface area (Å²) in [4.78, 5) is 54.4. The molecule has 0 aliphatic carbocycles. The van der Waals surface area contributed by atoms with Crippen molar-refractivity contribution in [2.45, 2.75) is 105 Å². The first kappa shape index (κ1) is 66.8. The van der Waals surface area contributed by atoms with Crippen molar-refractivity contribution in [3.63, 3.8) is 0 Å². The zero-order valence-electron chi connectivity index (χ0n) is 41.9. The predicted octanol–water partition coefficient (Wildman–Crippen LogP) is 1.17. The molecule has 3 aromatic rings. The first-order chi connectivity index (χ1) is 32.9. The third kappa shape index (κ3) is 30.6. The Hall–Kier alpha value is -3.21. The van der Waals surface area contributed by atoms with Crippen LogP contribution in [-0.2, 0) is 54.4 Å². The molecule has 0 N–H and O–H groups in total. The van der Waals surface area contributed by atoms with Crippen molar-refractivity contribution in [1.29, 1.82) is 0 Å². The molecule has 0 saturated heterocycles. The molecule has 0 aliphatic heterocycles. The number of aryl methyl sites for hydroxylation is 2. The second kappa shape index (κ2) is 42.3. The Morgan fingerprint density at radius 2 is 1.19 bits per heavy atom. The molecule has 1 heterocycles. The molecular weight excluding hydrogens is 963 g/mol. The van der Waals surface area contributed by atoms with Gasteiger partial charge in [-0.25, -0.2) is 4.98 Å². The standard InChI is InChI=1S/C49H70N4O11S.2Na.O2S/c1-5-7-9-11-13-15-17-39(47(56)57)35-45(54)63-31-29-61-26-24-53(41-20-22-42(38(4)34-41)51-52-49-50-43-21-19-37(3)33-44(43)65-49)23-25-60-27-28-62-30-32-64-46(55)36-40(48(58)59)18-16-14-12-10-8-6-2;;;1-3-2/h13-16,19-22,33-34,39-40H,5-12,17-18,23-32,35-36H2,1-4H3,(H,56,57)(H,58,59);;;/q;2*+1;/p-2/b15-13+,16-14+,52-51?;;;. The number of carboxylic acids is 2. The Labute approximate surface area is 464 Å². The predicted molar refractivity (Wildman–Crippen MR) is 257 cm³/mol. The van der Waals surface area contributed by atoms with E-state index in [0.717, 1.165) is 78.4 Å². The molecule has 0 fully saturated rings. The number of benzene rings is 2. The van der Waals surface area contributed by atoms with Crippen molar-refractivity contribution in [1.82, 2.24) is 4.98 Å². The quantitative estimate of drug-likeness (QED) is 0.0262. The molecule has 17 nitrogen and oxygen atoms in total. The molecule has 0 radical (unpaired) electrons. The van der Waals surface area contributed by atoms with E-state index < -0.39 is 47.3 Å². The number of aromatic nitrogens is 1. The first-order valence-electron chi connectivity index (χ1n) is 23.2. The van der Waals surface area contributed by atoms with Gasteiger partial charge in [-0.3, -0.25) is 9.59 Å². The van der Waals surface area contributed by atoms with Gasteiger partial charge in [0.1, 0.15) is 13.2 Å². The van der Waals surface area contributed by atoms with Crippen LogP contribution in [0.3, 0.4) is 0 Å². The van der Waals surface area contributed by atoms with E-state index in [2.05, 4.69) is 40.0 Å². The summed E-state index contributed by atoms with van der Waals surface area (Å²) in [5, 5.41) is 32.6.